The van der Waals surface area contributed by atoms with E-state index in [1.54, 1.807) is 26.0 Å². The topological polar surface area (TPSA) is 99.9 Å². The lowest BCUT2D eigenvalue weighted by molar-refractivity contribution is -0.126. The number of allylic oxidation sites excluding steroid dienone is 1. The van der Waals surface area contributed by atoms with E-state index in [1.165, 1.54) is 18.7 Å². The number of aromatic nitrogens is 1. The second-order valence-electron chi connectivity index (χ2n) is 6.79. The molecule has 0 radical (unpaired) electrons. The number of nitrogens with zero attached hydrogens (tertiary/aromatic N) is 2. The fraction of sp³-hybridized carbons (Fsp3) is 0.500. The van der Waals surface area contributed by atoms with E-state index in [4.69, 9.17) is 5.26 Å². The smallest absolute Gasteiger partial charge is 0.231 e. The van der Waals surface area contributed by atoms with Crippen LogP contribution in [-0.4, -0.2) is 25.4 Å². The lowest BCUT2D eigenvalue weighted by atomic mass is 9.86. The van der Waals surface area contributed by atoms with Gasteiger partial charge in [-0.05, 0) is 38.8 Å². The summed E-state index contributed by atoms with van der Waals surface area (Å²) in [7, 11) is -3.69. The van der Waals surface area contributed by atoms with Crippen molar-refractivity contribution in [1.29, 1.82) is 5.26 Å². The van der Waals surface area contributed by atoms with Crippen molar-refractivity contribution in [2.75, 3.05) is 0 Å². The molecule has 1 heterocycles. The molecule has 0 saturated heterocycles. The molecular formula is C18H23N3O3S. The van der Waals surface area contributed by atoms with Gasteiger partial charge < -0.3 is 5.32 Å². The molecule has 1 saturated carbocycles. The number of nitrogens with one attached hydrogen (secondary N) is 1. The van der Waals surface area contributed by atoms with E-state index >= 15 is 0 Å². The molecule has 25 heavy (non-hydrogen) atoms. The van der Waals surface area contributed by atoms with E-state index < -0.39 is 15.3 Å². The lowest BCUT2D eigenvalue weighted by Crippen LogP contribution is -2.46. The summed E-state index contributed by atoms with van der Waals surface area (Å²) in [6, 6.07) is 4.82. The van der Waals surface area contributed by atoms with Crippen molar-refractivity contribution in [2.24, 2.45) is 0 Å². The molecule has 2 rings (SSSR count). The molecule has 7 heteroatoms. The van der Waals surface area contributed by atoms with E-state index in [0.29, 0.717) is 5.69 Å². The van der Waals surface area contributed by atoms with Gasteiger partial charge in [0.1, 0.15) is 0 Å². The largest absolute Gasteiger partial charge is 0.353 e. The second-order valence-corrected chi connectivity index (χ2v) is 8.62. The number of hydrogen-bond acceptors (Lipinski definition) is 5. The summed E-state index contributed by atoms with van der Waals surface area (Å²) in [5.41, 5.74) is -0.355. The Morgan fingerprint density at radius 3 is 2.56 bits per heavy atom. The van der Waals surface area contributed by atoms with Gasteiger partial charge in [-0.1, -0.05) is 19.3 Å². The lowest BCUT2D eigenvalue weighted by Gasteiger charge is -2.29. The Morgan fingerprint density at radius 1 is 1.32 bits per heavy atom. The van der Waals surface area contributed by atoms with Crippen molar-refractivity contribution in [3.05, 3.63) is 35.5 Å². The first-order chi connectivity index (χ1) is 11.8. The van der Waals surface area contributed by atoms with Gasteiger partial charge in [0.15, 0.2) is 0 Å². The molecule has 1 aromatic heterocycles. The van der Waals surface area contributed by atoms with Crippen LogP contribution >= 0.6 is 0 Å². The van der Waals surface area contributed by atoms with Gasteiger partial charge in [0.2, 0.25) is 15.7 Å². The molecule has 1 amide bonds. The van der Waals surface area contributed by atoms with Crippen LogP contribution in [0.1, 0.15) is 51.6 Å². The van der Waals surface area contributed by atoms with Crippen molar-refractivity contribution in [3.63, 3.8) is 0 Å². The third kappa shape index (κ3) is 4.67. The predicted octanol–water partition coefficient (Wildman–Crippen LogP) is 2.62. The maximum atomic E-state index is 12.6. The molecule has 6 nitrogen and oxygen atoms in total. The predicted molar refractivity (Wildman–Crippen MR) is 94.2 cm³/mol. The van der Waals surface area contributed by atoms with Gasteiger partial charge in [-0.2, -0.15) is 5.26 Å². The monoisotopic (exact) mass is 361 g/mol. The average molecular weight is 361 g/mol. The summed E-state index contributed by atoms with van der Waals surface area (Å²) in [5.74, 6) is -0.105. The number of sulfone groups is 1. The van der Waals surface area contributed by atoms with E-state index in [1.807, 2.05) is 0 Å². The minimum absolute atomic E-state index is 0.00811. The highest BCUT2D eigenvalue weighted by Gasteiger charge is 2.33. The number of amides is 1. The molecular weight excluding hydrogens is 338 g/mol. The van der Waals surface area contributed by atoms with E-state index in [-0.39, 0.29) is 16.8 Å². The van der Waals surface area contributed by atoms with Crippen molar-refractivity contribution in [3.8, 4) is 6.07 Å². The van der Waals surface area contributed by atoms with Gasteiger partial charge in [-0.3, -0.25) is 9.78 Å². The number of carbonyl (C=O) groups is 1. The summed E-state index contributed by atoms with van der Waals surface area (Å²) in [5, 5.41) is 12.4. The Labute approximate surface area is 148 Å². The summed E-state index contributed by atoms with van der Waals surface area (Å²) in [6.07, 6.45) is 7.61. The van der Waals surface area contributed by atoms with Crippen LogP contribution < -0.4 is 5.32 Å². The Bertz CT molecular complexity index is 784. The van der Waals surface area contributed by atoms with E-state index in [2.05, 4.69) is 10.3 Å². The summed E-state index contributed by atoms with van der Waals surface area (Å²) in [4.78, 5) is 16.8. The van der Waals surface area contributed by atoms with Gasteiger partial charge in [-0.25, -0.2) is 8.42 Å². The summed E-state index contributed by atoms with van der Waals surface area (Å²) in [6.45, 7) is 3.55. The molecule has 134 valence electrons. The first kappa shape index (κ1) is 19.1. The molecule has 0 aliphatic heterocycles. The van der Waals surface area contributed by atoms with Crippen LogP contribution in [0.2, 0.25) is 0 Å². The van der Waals surface area contributed by atoms with E-state index in [0.717, 1.165) is 37.2 Å². The third-order valence-electron chi connectivity index (χ3n) is 4.54. The van der Waals surface area contributed by atoms with Gasteiger partial charge >= 0.3 is 0 Å². The maximum absolute atomic E-state index is 12.6. The van der Waals surface area contributed by atoms with Crippen molar-refractivity contribution in [2.45, 2.75) is 62.3 Å². The number of hydrogen-bond donors (Lipinski definition) is 1. The van der Waals surface area contributed by atoms with Gasteiger partial charge in [0.05, 0.1) is 22.1 Å². The fourth-order valence-corrected chi connectivity index (χ4v) is 3.70. The highest BCUT2D eigenvalue weighted by atomic mass is 32.2. The second kappa shape index (κ2) is 7.79. The molecule has 1 aliphatic rings. The Kier molecular flexibility index (Phi) is 5.96. The SMILES string of the molecule is CC(C)(C(=O)NC1CCCCC1)c1ccc(S(=O)(=O)/C=C/C#N)cn1. The number of pyridine rings is 1. The van der Waals surface area contributed by atoms with Crippen LogP contribution in [0.25, 0.3) is 0 Å². The first-order valence-electron chi connectivity index (χ1n) is 8.36. The van der Waals surface area contributed by atoms with Crippen molar-refractivity contribution >= 4 is 15.7 Å². The average Bonchev–Trinajstić information content (AvgIpc) is 2.61. The van der Waals surface area contributed by atoms with Crippen LogP contribution in [0.15, 0.2) is 34.7 Å². The highest BCUT2D eigenvalue weighted by Crippen LogP contribution is 2.25. The van der Waals surface area contributed by atoms with Crippen LogP contribution in [0.5, 0.6) is 0 Å². The van der Waals surface area contributed by atoms with Gasteiger partial charge in [0.25, 0.3) is 0 Å². The normalized spacial score (nSPS) is 16.5. The molecule has 0 unspecified atom stereocenters. The Morgan fingerprint density at radius 2 is 2.00 bits per heavy atom. The molecule has 1 aliphatic carbocycles. The van der Waals surface area contributed by atoms with Gasteiger partial charge in [0, 0.05) is 23.7 Å². The van der Waals surface area contributed by atoms with Crippen LogP contribution in [-0.2, 0) is 20.0 Å². The zero-order valence-electron chi connectivity index (χ0n) is 14.5. The minimum atomic E-state index is -3.69. The Balaban J connectivity index is 2.15. The van der Waals surface area contributed by atoms with E-state index in [9.17, 15) is 13.2 Å². The quantitative estimate of drug-likeness (QED) is 0.813. The molecule has 1 aromatic rings. The van der Waals surface area contributed by atoms with Crippen molar-refractivity contribution < 1.29 is 13.2 Å². The maximum Gasteiger partial charge on any atom is 0.231 e. The van der Waals surface area contributed by atoms with Crippen LogP contribution in [0.4, 0.5) is 0 Å². The zero-order chi connectivity index (χ0) is 18.5. The molecule has 0 atom stereocenters. The summed E-state index contributed by atoms with van der Waals surface area (Å²) < 4.78 is 24.0. The molecule has 0 bridgehead atoms. The number of carbonyl (C=O) groups excluding carboxylic acids is 1. The first-order valence-corrected chi connectivity index (χ1v) is 9.91. The zero-order valence-corrected chi connectivity index (χ0v) is 15.3. The molecule has 1 N–H and O–H groups in total. The molecule has 0 aromatic carbocycles. The van der Waals surface area contributed by atoms with Crippen LogP contribution in [0, 0.1) is 11.3 Å². The number of rotatable bonds is 5. The standard InChI is InChI=1S/C18H23N3O3S/c1-18(2,17(22)21-14-7-4-3-5-8-14)16-10-9-15(13-20-16)25(23,24)12-6-11-19/h6,9-10,12-14H,3-5,7-8H2,1-2H3,(H,21,22)/b12-6+. The third-order valence-corrected chi connectivity index (χ3v) is 5.93. The minimum Gasteiger partial charge on any atom is -0.353 e. The van der Waals surface area contributed by atoms with Crippen molar-refractivity contribution in [1.82, 2.24) is 10.3 Å². The summed E-state index contributed by atoms with van der Waals surface area (Å²) >= 11 is 0. The fourth-order valence-electron chi connectivity index (χ4n) is 2.85. The number of nitriles is 1. The Hall–Kier alpha value is -2.20. The molecule has 1 fully saturated rings. The van der Waals surface area contributed by atoms with Crippen LogP contribution in [0.3, 0.4) is 0 Å². The van der Waals surface area contributed by atoms with Gasteiger partial charge in [-0.15, -0.1) is 0 Å². The highest BCUT2D eigenvalue weighted by molar-refractivity contribution is 7.94. The molecule has 0 spiro atoms.